The number of hydrogen-bond donors (Lipinski definition) is 4. The Morgan fingerprint density at radius 2 is 2.00 bits per heavy atom. The number of carbonyl (C=O) groups excluding carboxylic acids is 1. The number of benzene rings is 2. The van der Waals surface area contributed by atoms with Gasteiger partial charge in [-0.3, -0.25) is 5.32 Å². The molecule has 3 aromatic rings. The summed E-state index contributed by atoms with van der Waals surface area (Å²) in [7, 11) is 1.28. The van der Waals surface area contributed by atoms with Gasteiger partial charge in [-0.15, -0.1) is 5.10 Å². The summed E-state index contributed by atoms with van der Waals surface area (Å²) in [5, 5.41) is 29.5. The number of halogens is 2. The van der Waals surface area contributed by atoms with Crippen molar-refractivity contribution in [1.29, 1.82) is 0 Å². The normalized spacial score (nSPS) is 10.6. The highest BCUT2D eigenvalue weighted by molar-refractivity contribution is 5.91. The topological polar surface area (TPSA) is 136 Å². The Hall–Kier alpha value is -3.89. The highest BCUT2D eigenvalue weighted by atomic mass is 19.2. The summed E-state index contributed by atoms with van der Waals surface area (Å²) in [6.45, 7) is 0. The number of aromatic nitrogens is 3. The highest BCUT2D eigenvalue weighted by Gasteiger charge is 2.24. The quantitative estimate of drug-likeness (QED) is 0.550. The molecule has 9 nitrogen and oxygen atoms in total. The van der Waals surface area contributed by atoms with E-state index >= 15 is 0 Å². The van der Waals surface area contributed by atoms with Crippen molar-refractivity contribution in [3.8, 4) is 34.2 Å². The number of methoxy groups -OCH3 is 1. The van der Waals surface area contributed by atoms with Crippen LogP contribution >= 0.6 is 0 Å². The minimum atomic E-state index is -1.22. The van der Waals surface area contributed by atoms with Crippen LogP contribution in [0.2, 0.25) is 0 Å². The first kappa shape index (κ1) is 17.9. The number of primary amides is 1. The maximum atomic E-state index is 14.4. The standard InChI is InChI=1S/C16H13F2N5O4/c1-27-12-5-9(10(24)6-11(12)25)23-14(15(21-22-23)20-16(19)26)7-3-2-4-8(17)13(7)18/h2-6,24-25H,1H3,(H3,19,20,26). The van der Waals surface area contributed by atoms with Gasteiger partial charge in [-0.25, -0.2) is 18.3 Å². The summed E-state index contributed by atoms with van der Waals surface area (Å²) in [5.74, 6) is -3.46. The third-order valence-corrected chi connectivity index (χ3v) is 3.62. The molecule has 0 aliphatic heterocycles. The lowest BCUT2D eigenvalue weighted by Crippen LogP contribution is -2.20. The van der Waals surface area contributed by atoms with Crippen molar-refractivity contribution in [2.24, 2.45) is 5.73 Å². The first-order valence-electron chi connectivity index (χ1n) is 7.40. The molecule has 0 spiro atoms. The first-order chi connectivity index (χ1) is 12.8. The van der Waals surface area contributed by atoms with E-state index in [1.807, 2.05) is 0 Å². The van der Waals surface area contributed by atoms with E-state index < -0.39 is 23.4 Å². The van der Waals surface area contributed by atoms with Crippen LogP contribution in [0.15, 0.2) is 30.3 Å². The third-order valence-electron chi connectivity index (χ3n) is 3.62. The van der Waals surface area contributed by atoms with Crippen LogP contribution in [0.3, 0.4) is 0 Å². The van der Waals surface area contributed by atoms with Gasteiger partial charge in [-0.1, -0.05) is 11.3 Å². The van der Waals surface area contributed by atoms with Crippen LogP contribution in [-0.2, 0) is 0 Å². The van der Waals surface area contributed by atoms with Crippen molar-refractivity contribution < 1.29 is 28.5 Å². The van der Waals surface area contributed by atoms with Crippen LogP contribution in [0.1, 0.15) is 0 Å². The number of phenols is 2. The van der Waals surface area contributed by atoms with Gasteiger partial charge < -0.3 is 20.7 Å². The van der Waals surface area contributed by atoms with E-state index in [9.17, 15) is 23.8 Å². The van der Waals surface area contributed by atoms with E-state index in [1.165, 1.54) is 25.3 Å². The SMILES string of the molecule is COc1cc(-n2nnc(NC(N)=O)c2-c2cccc(F)c2F)c(O)cc1O. The lowest BCUT2D eigenvalue weighted by Gasteiger charge is -2.13. The van der Waals surface area contributed by atoms with Gasteiger partial charge in [-0.2, -0.15) is 0 Å². The minimum Gasteiger partial charge on any atom is -0.506 e. The van der Waals surface area contributed by atoms with Crippen LogP contribution in [0.25, 0.3) is 16.9 Å². The summed E-state index contributed by atoms with van der Waals surface area (Å²) in [6, 6.07) is 4.56. The molecule has 0 saturated carbocycles. The van der Waals surface area contributed by atoms with Gasteiger partial charge in [0.05, 0.1) is 7.11 Å². The summed E-state index contributed by atoms with van der Waals surface area (Å²) in [4.78, 5) is 11.2. The van der Waals surface area contributed by atoms with E-state index in [0.29, 0.717) is 0 Å². The molecule has 2 amide bonds. The molecule has 1 heterocycles. The largest absolute Gasteiger partial charge is 0.506 e. The van der Waals surface area contributed by atoms with Crippen molar-refractivity contribution in [2.75, 3.05) is 12.4 Å². The second kappa shape index (κ2) is 6.78. The highest BCUT2D eigenvalue weighted by Crippen LogP contribution is 2.38. The van der Waals surface area contributed by atoms with E-state index in [2.05, 4.69) is 15.6 Å². The van der Waals surface area contributed by atoms with E-state index in [4.69, 9.17) is 10.5 Å². The predicted molar refractivity (Wildman–Crippen MR) is 89.8 cm³/mol. The number of nitrogens with one attached hydrogen (secondary N) is 1. The number of hydrogen-bond acceptors (Lipinski definition) is 6. The zero-order valence-corrected chi connectivity index (χ0v) is 13.8. The lowest BCUT2D eigenvalue weighted by molar-refractivity contribution is 0.259. The molecule has 0 saturated heterocycles. The zero-order valence-electron chi connectivity index (χ0n) is 13.8. The Kier molecular flexibility index (Phi) is 4.50. The van der Waals surface area contributed by atoms with Crippen molar-refractivity contribution in [2.45, 2.75) is 0 Å². The molecule has 140 valence electrons. The lowest BCUT2D eigenvalue weighted by atomic mass is 10.1. The van der Waals surface area contributed by atoms with Crippen LogP contribution in [-0.4, -0.2) is 38.3 Å². The number of phenolic OH excluding ortho intramolecular Hbond substituents is 2. The molecular formula is C16H13F2N5O4. The van der Waals surface area contributed by atoms with Crippen LogP contribution < -0.4 is 15.8 Å². The first-order valence-corrected chi connectivity index (χ1v) is 7.40. The fraction of sp³-hybridized carbons (Fsp3) is 0.0625. The molecule has 0 atom stereocenters. The van der Waals surface area contributed by atoms with Gasteiger partial charge in [-0.05, 0) is 12.1 Å². The Labute approximate surface area is 150 Å². The van der Waals surface area contributed by atoms with E-state index in [-0.39, 0.29) is 34.3 Å². The van der Waals surface area contributed by atoms with Gasteiger partial charge in [0.2, 0.25) is 0 Å². The number of urea groups is 1. The smallest absolute Gasteiger partial charge is 0.317 e. The Morgan fingerprint density at radius 1 is 1.26 bits per heavy atom. The molecule has 1 aromatic heterocycles. The molecule has 3 rings (SSSR count). The fourth-order valence-electron chi connectivity index (χ4n) is 2.46. The minimum absolute atomic E-state index is 0.0200. The predicted octanol–water partition coefficient (Wildman–Crippen LogP) is 2.12. The van der Waals surface area contributed by atoms with E-state index in [1.54, 1.807) is 0 Å². The average Bonchev–Trinajstić information content (AvgIpc) is 3.00. The Bertz CT molecular complexity index is 1040. The van der Waals surface area contributed by atoms with Crippen molar-refractivity contribution in [1.82, 2.24) is 15.0 Å². The summed E-state index contributed by atoms with van der Waals surface area (Å²) < 4.78 is 34.0. The van der Waals surface area contributed by atoms with Gasteiger partial charge >= 0.3 is 6.03 Å². The number of amides is 2. The number of rotatable bonds is 4. The number of nitrogens with two attached hydrogens (primary N) is 1. The second-order valence-electron chi connectivity index (χ2n) is 5.30. The molecule has 0 aliphatic carbocycles. The molecule has 27 heavy (non-hydrogen) atoms. The molecule has 11 heteroatoms. The van der Waals surface area contributed by atoms with Crippen LogP contribution in [0.5, 0.6) is 17.2 Å². The Morgan fingerprint density at radius 3 is 2.67 bits per heavy atom. The summed E-state index contributed by atoms with van der Waals surface area (Å²) in [6.07, 6.45) is 0. The van der Waals surface area contributed by atoms with Gasteiger partial charge in [0.15, 0.2) is 29.0 Å². The van der Waals surface area contributed by atoms with Crippen LogP contribution in [0, 0.1) is 11.6 Å². The molecular weight excluding hydrogens is 364 g/mol. The number of aromatic hydroxyl groups is 2. The Balaban J connectivity index is 2.31. The number of anilines is 1. The zero-order chi connectivity index (χ0) is 19.7. The molecule has 0 radical (unpaired) electrons. The number of ether oxygens (including phenoxy) is 1. The second-order valence-corrected chi connectivity index (χ2v) is 5.30. The van der Waals surface area contributed by atoms with Crippen LogP contribution in [0.4, 0.5) is 19.4 Å². The molecule has 0 bridgehead atoms. The third kappa shape index (κ3) is 3.17. The number of nitrogens with zero attached hydrogens (tertiary/aromatic N) is 3. The molecule has 0 fully saturated rings. The van der Waals surface area contributed by atoms with Gasteiger partial charge in [0.25, 0.3) is 0 Å². The summed E-state index contributed by atoms with van der Waals surface area (Å²) in [5.41, 5.74) is 4.53. The molecule has 0 aliphatic rings. The maximum absolute atomic E-state index is 14.4. The summed E-state index contributed by atoms with van der Waals surface area (Å²) >= 11 is 0. The molecule has 2 aromatic carbocycles. The van der Waals surface area contributed by atoms with E-state index in [0.717, 1.165) is 16.8 Å². The van der Waals surface area contributed by atoms with Crippen molar-refractivity contribution in [3.05, 3.63) is 42.0 Å². The van der Waals surface area contributed by atoms with Gasteiger partial charge in [0.1, 0.15) is 17.1 Å². The van der Waals surface area contributed by atoms with Crippen molar-refractivity contribution in [3.63, 3.8) is 0 Å². The average molecular weight is 377 g/mol. The molecule has 0 unspecified atom stereocenters. The molecule has 5 N–H and O–H groups in total. The fourth-order valence-corrected chi connectivity index (χ4v) is 2.46. The maximum Gasteiger partial charge on any atom is 0.317 e. The van der Waals surface area contributed by atoms with Gasteiger partial charge in [0, 0.05) is 17.7 Å². The number of carbonyl (C=O) groups is 1. The van der Waals surface area contributed by atoms with Crippen molar-refractivity contribution >= 4 is 11.8 Å². The monoisotopic (exact) mass is 377 g/mol.